The minimum Gasteiger partial charge on any atom is -0.348 e. The van der Waals surface area contributed by atoms with Crippen molar-refractivity contribution in [3.05, 3.63) is 93.4 Å². The Morgan fingerprint density at radius 3 is 2.39 bits per heavy atom. The number of benzene rings is 3. The molecule has 4 rings (SSSR count). The molecule has 0 unspecified atom stereocenters. The second kappa shape index (κ2) is 8.29. The molecule has 10 heteroatoms. The predicted octanol–water partition coefficient (Wildman–Crippen LogP) is 3.24. The molecular formula is C21H17ClN4O4S. The molecule has 0 radical (unpaired) electrons. The lowest BCUT2D eigenvalue weighted by molar-refractivity contribution is 0.0951. The van der Waals surface area contributed by atoms with Gasteiger partial charge in [-0.15, -0.1) is 0 Å². The van der Waals surface area contributed by atoms with E-state index in [4.69, 9.17) is 11.6 Å². The van der Waals surface area contributed by atoms with Crippen LogP contribution in [-0.2, 0) is 16.6 Å². The Hall–Kier alpha value is -3.56. The molecule has 0 aliphatic heterocycles. The summed E-state index contributed by atoms with van der Waals surface area (Å²) < 4.78 is 27.8. The Morgan fingerprint density at radius 2 is 1.65 bits per heavy atom. The van der Waals surface area contributed by atoms with Crippen LogP contribution in [0.4, 0.5) is 5.69 Å². The maximum Gasteiger partial charge on any atom is 0.323 e. The number of nitrogens with one attached hydrogen (secondary N) is 4. The van der Waals surface area contributed by atoms with Gasteiger partial charge in [0.2, 0.25) is 0 Å². The SMILES string of the molecule is O=C(NCc1ccccc1Cl)c1ccc(NS(=O)(=O)c2ccc3[nH]c(=O)[nH]c3c2)cc1. The third kappa shape index (κ3) is 4.62. The van der Waals surface area contributed by atoms with Gasteiger partial charge in [0, 0.05) is 22.8 Å². The summed E-state index contributed by atoms with van der Waals surface area (Å²) in [4.78, 5) is 28.8. The van der Waals surface area contributed by atoms with Gasteiger partial charge in [0.05, 0.1) is 15.9 Å². The van der Waals surface area contributed by atoms with Crippen molar-refractivity contribution >= 4 is 44.3 Å². The van der Waals surface area contributed by atoms with E-state index in [-0.39, 0.29) is 17.3 Å². The van der Waals surface area contributed by atoms with Crippen LogP contribution in [0.15, 0.2) is 76.4 Å². The van der Waals surface area contributed by atoms with E-state index in [1.54, 1.807) is 6.07 Å². The third-order valence-electron chi connectivity index (χ3n) is 4.59. The fourth-order valence-electron chi connectivity index (χ4n) is 3.00. The molecule has 1 amide bonds. The average Bonchev–Trinajstić information content (AvgIpc) is 3.12. The fourth-order valence-corrected chi connectivity index (χ4v) is 4.29. The van der Waals surface area contributed by atoms with Crippen molar-refractivity contribution in [2.24, 2.45) is 0 Å². The molecule has 0 bridgehead atoms. The summed E-state index contributed by atoms with van der Waals surface area (Å²) >= 11 is 6.08. The largest absolute Gasteiger partial charge is 0.348 e. The third-order valence-corrected chi connectivity index (χ3v) is 6.34. The summed E-state index contributed by atoms with van der Waals surface area (Å²) in [7, 11) is -3.88. The first kappa shape index (κ1) is 20.7. The smallest absolute Gasteiger partial charge is 0.323 e. The number of aromatic amines is 2. The first-order valence-corrected chi connectivity index (χ1v) is 11.0. The summed E-state index contributed by atoms with van der Waals surface area (Å²) in [6.07, 6.45) is 0. The lowest BCUT2D eigenvalue weighted by Crippen LogP contribution is -2.23. The van der Waals surface area contributed by atoms with Crippen LogP contribution in [0.1, 0.15) is 15.9 Å². The van der Waals surface area contributed by atoms with Gasteiger partial charge in [0.15, 0.2) is 0 Å². The summed E-state index contributed by atoms with van der Waals surface area (Å²) in [6.45, 7) is 0.274. The van der Waals surface area contributed by atoms with Crippen molar-refractivity contribution in [1.82, 2.24) is 15.3 Å². The fraction of sp³-hybridized carbons (Fsp3) is 0.0476. The quantitative estimate of drug-likeness (QED) is 0.355. The number of halogens is 1. The topological polar surface area (TPSA) is 124 Å². The standard InChI is InChI=1S/C21H17ClN4O4S/c22-17-4-2-1-3-14(17)12-23-20(27)13-5-7-15(8-6-13)26-31(29,30)16-9-10-18-19(11-16)25-21(28)24-18/h1-11,26H,12H2,(H,23,27)(H2,24,25,28). The number of H-pyrrole nitrogens is 2. The number of rotatable bonds is 6. The van der Waals surface area contributed by atoms with E-state index >= 15 is 0 Å². The van der Waals surface area contributed by atoms with Gasteiger partial charge in [-0.3, -0.25) is 9.52 Å². The van der Waals surface area contributed by atoms with E-state index in [0.29, 0.717) is 27.3 Å². The van der Waals surface area contributed by atoms with E-state index in [9.17, 15) is 18.0 Å². The molecule has 0 saturated heterocycles. The first-order valence-electron chi connectivity index (χ1n) is 9.18. The molecule has 0 saturated carbocycles. The van der Waals surface area contributed by atoms with Crippen LogP contribution < -0.4 is 15.7 Å². The van der Waals surface area contributed by atoms with Crippen molar-refractivity contribution in [2.45, 2.75) is 11.4 Å². The van der Waals surface area contributed by atoms with Crippen LogP contribution in [0, 0.1) is 0 Å². The molecule has 4 N–H and O–H groups in total. The van der Waals surface area contributed by atoms with Gasteiger partial charge in [-0.05, 0) is 54.1 Å². The Morgan fingerprint density at radius 1 is 0.935 bits per heavy atom. The van der Waals surface area contributed by atoms with Gasteiger partial charge in [0.1, 0.15) is 0 Å². The van der Waals surface area contributed by atoms with Crippen molar-refractivity contribution < 1.29 is 13.2 Å². The summed E-state index contributed by atoms with van der Waals surface area (Å²) in [5.41, 5.74) is 1.95. The average molecular weight is 457 g/mol. The highest BCUT2D eigenvalue weighted by Crippen LogP contribution is 2.20. The molecule has 0 aliphatic rings. The number of imidazole rings is 1. The molecule has 8 nitrogen and oxygen atoms in total. The molecule has 0 aliphatic carbocycles. The van der Waals surface area contributed by atoms with Gasteiger partial charge < -0.3 is 15.3 Å². The monoisotopic (exact) mass is 456 g/mol. The summed E-state index contributed by atoms with van der Waals surface area (Å²) in [5, 5.41) is 3.34. The number of amides is 1. The van der Waals surface area contributed by atoms with Crippen LogP contribution in [0.2, 0.25) is 5.02 Å². The molecular weight excluding hydrogens is 440 g/mol. The number of anilines is 1. The normalized spacial score (nSPS) is 11.4. The van der Waals surface area contributed by atoms with Crippen molar-refractivity contribution in [3.63, 3.8) is 0 Å². The highest BCUT2D eigenvalue weighted by atomic mass is 35.5. The zero-order valence-corrected chi connectivity index (χ0v) is 17.5. The van der Waals surface area contributed by atoms with Crippen LogP contribution >= 0.6 is 11.6 Å². The van der Waals surface area contributed by atoms with Crippen LogP contribution in [0.5, 0.6) is 0 Å². The maximum absolute atomic E-state index is 12.7. The van der Waals surface area contributed by atoms with Crippen LogP contribution in [-0.4, -0.2) is 24.3 Å². The molecule has 31 heavy (non-hydrogen) atoms. The van der Waals surface area contributed by atoms with E-state index in [1.165, 1.54) is 42.5 Å². The Bertz CT molecular complexity index is 1430. The van der Waals surface area contributed by atoms with E-state index in [1.807, 2.05) is 18.2 Å². The number of sulfonamides is 1. The van der Waals surface area contributed by atoms with Crippen molar-refractivity contribution in [2.75, 3.05) is 4.72 Å². The zero-order valence-electron chi connectivity index (χ0n) is 16.0. The van der Waals surface area contributed by atoms with Gasteiger partial charge in [-0.1, -0.05) is 29.8 Å². The highest BCUT2D eigenvalue weighted by Gasteiger charge is 2.16. The number of hydrogen-bond donors (Lipinski definition) is 4. The second-order valence-corrected chi connectivity index (χ2v) is 8.83. The molecule has 4 aromatic rings. The van der Waals surface area contributed by atoms with E-state index in [0.717, 1.165) is 5.56 Å². The first-order chi connectivity index (χ1) is 14.8. The molecule has 1 heterocycles. The molecule has 158 valence electrons. The Kier molecular flexibility index (Phi) is 5.53. The Labute approximate surface area is 182 Å². The number of aromatic nitrogens is 2. The Balaban J connectivity index is 1.45. The molecule has 3 aromatic carbocycles. The number of hydrogen-bond acceptors (Lipinski definition) is 4. The molecule has 0 spiro atoms. The molecule has 1 aromatic heterocycles. The van der Waals surface area contributed by atoms with Gasteiger partial charge in [-0.2, -0.15) is 0 Å². The van der Waals surface area contributed by atoms with Gasteiger partial charge >= 0.3 is 5.69 Å². The lowest BCUT2D eigenvalue weighted by Gasteiger charge is -2.10. The minimum absolute atomic E-state index is 0.00295. The van der Waals surface area contributed by atoms with Gasteiger partial charge in [0.25, 0.3) is 15.9 Å². The van der Waals surface area contributed by atoms with E-state index < -0.39 is 15.7 Å². The zero-order chi connectivity index (χ0) is 22.0. The molecule has 0 fully saturated rings. The summed E-state index contributed by atoms with van der Waals surface area (Å²) in [6, 6.07) is 17.5. The lowest BCUT2D eigenvalue weighted by atomic mass is 10.2. The minimum atomic E-state index is -3.88. The maximum atomic E-state index is 12.7. The van der Waals surface area contributed by atoms with E-state index in [2.05, 4.69) is 20.0 Å². The van der Waals surface area contributed by atoms with Crippen LogP contribution in [0.25, 0.3) is 11.0 Å². The number of carbonyl (C=O) groups excluding carboxylic acids is 1. The van der Waals surface area contributed by atoms with Gasteiger partial charge in [-0.25, -0.2) is 13.2 Å². The van der Waals surface area contributed by atoms with Crippen molar-refractivity contribution in [1.29, 1.82) is 0 Å². The predicted molar refractivity (Wildman–Crippen MR) is 119 cm³/mol. The summed E-state index contributed by atoms with van der Waals surface area (Å²) in [5.74, 6) is -0.309. The second-order valence-electron chi connectivity index (χ2n) is 6.74. The highest BCUT2D eigenvalue weighted by molar-refractivity contribution is 7.92. The van der Waals surface area contributed by atoms with Crippen LogP contribution in [0.3, 0.4) is 0 Å². The number of carbonyl (C=O) groups is 1. The van der Waals surface area contributed by atoms with Crippen molar-refractivity contribution in [3.8, 4) is 0 Å². The molecule has 0 atom stereocenters. The number of fused-ring (bicyclic) bond motifs is 1.